The summed E-state index contributed by atoms with van der Waals surface area (Å²) < 4.78 is 65.4. The van der Waals surface area contributed by atoms with Crippen molar-refractivity contribution >= 4 is 21.8 Å². The van der Waals surface area contributed by atoms with Gasteiger partial charge in [0, 0.05) is 36.5 Å². The normalized spacial score (nSPS) is 27.2. The van der Waals surface area contributed by atoms with Crippen LogP contribution in [0.15, 0.2) is 36.4 Å². The summed E-state index contributed by atoms with van der Waals surface area (Å²) in [5, 5.41) is 5.75. The van der Waals surface area contributed by atoms with Gasteiger partial charge in [-0.3, -0.25) is 14.3 Å². The summed E-state index contributed by atoms with van der Waals surface area (Å²) >= 11 is 0. The number of ether oxygens (including phenoxy) is 1. The maximum atomic E-state index is 15.8. The van der Waals surface area contributed by atoms with E-state index in [-0.39, 0.29) is 42.4 Å². The van der Waals surface area contributed by atoms with Crippen LogP contribution < -0.4 is 20.1 Å². The maximum Gasteiger partial charge on any atom is 0.259 e. The standard InChI is InChI=1S/C37H47F2N3O5S/c1-35(2,33(43)42-48(45,46)27-14-15-27)24-11-16-31(29(19-24)28-9-6-10-30(38)32(28)23-7-5-8-23)47-26-13-12-25(20-26)41-34(44)37(39)21-36(40-22-37)17-3-4-18-36/h6,9-11,16,19,23,25-27,40H,3-5,7-8,12-15,17-18,20-22H2,1-2H3,(H,41,44)(H,42,43)/t25-,26-,37+/m1/s1. The van der Waals surface area contributed by atoms with E-state index in [1.54, 1.807) is 32.0 Å². The van der Waals surface area contributed by atoms with Crippen molar-refractivity contribution in [3.63, 3.8) is 0 Å². The minimum atomic E-state index is -3.74. The Hall–Kier alpha value is -3.05. The molecule has 2 amide bonds. The Bertz CT molecular complexity index is 1700. The van der Waals surface area contributed by atoms with E-state index >= 15 is 8.78 Å². The van der Waals surface area contributed by atoms with E-state index in [0.717, 1.165) is 44.9 Å². The molecule has 3 atom stereocenters. The molecule has 1 saturated heterocycles. The molecule has 0 radical (unpaired) electrons. The van der Waals surface area contributed by atoms with Crippen LogP contribution in [0.25, 0.3) is 11.1 Å². The summed E-state index contributed by atoms with van der Waals surface area (Å²) in [5.74, 6) is -0.864. The quantitative estimate of drug-likeness (QED) is 0.280. The van der Waals surface area contributed by atoms with Crippen molar-refractivity contribution in [2.45, 2.75) is 137 Å². The van der Waals surface area contributed by atoms with Gasteiger partial charge in [-0.25, -0.2) is 17.2 Å². The summed E-state index contributed by atoms with van der Waals surface area (Å²) in [7, 11) is -3.74. The number of halogens is 2. The molecule has 5 aliphatic rings. The first-order valence-corrected chi connectivity index (χ1v) is 19.2. The van der Waals surface area contributed by atoms with E-state index in [2.05, 4.69) is 15.4 Å². The molecule has 48 heavy (non-hydrogen) atoms. The highest BCUT2D eigenvalue weighted by atomic mass is 32.2. The highest BCUT2D eigenvalue weighted by Crippen LogP contribution is 2.46. The second-order valence-electron chi connectivity index (χ2n) is 15.5. The molecule has 2 aromatic carbocycles. The van der Waals surface area contributed by atoms with Crippen molar-refractivity contribution in [1.29, 1.82) is 0 Å². The topological polar surface area (TPSA) is 114 Å². The Morgan fingerprint density at radius 2 is 1.73 bits per heavy atom. The van der Waals surface area contributed by atoms with Crippen LogP contribution in [0.5, 0.6) is 5.75 Å². The number of carbonyl (C=O) groups excluding carboxylic acids is 2. The van der Waals surface area contributed by atoms with Crippen LogP contribution in [0.3, 0.4) is 0 Å². The van der Waals surface area contributed by atoms with Crippen molar-refractivity contribution in [2.75, 3.05) is 6.54 Å². The van der Waals surface area contributed by atoms with Gasteiger partial charge in [0.25, 0.3) is 5.91 Å². The molecule has 4 saturated carbocycles. The Kier molecular flexibility index (Phi) is 8.62. The number of benzene rings is 2. The number of amides is 2. The van der Waals surface area contributed by atoms with Crippen molar-refractivity contribution in [2.24, 2.45) is 0 Å². The Balaban J connectivity index is 1.12. The molecule has 3 N–H and O–H groups in total. The molecular weight excluding hydrogens is 636 g/mol. The summed E-state index contributed by atoms with van der Waals surface area (Å²) in [6.45, 7) is 3.40. The highest BCUT2D eigenvalue weighted by molar-refractivity contribution is 7.90. The number of alkyl halides is 1. The van der Waals surface area contributed by atoms with Gasteiger partial charge in [-0.15, -0.1) is 0 Å². The Labute approximate surface area is 282 Å². The van der Waals surface area contributed by atoms with E-state index in [1.165, 1.54) is 6.07 Å². The lowest BCUT2D eigenvalue weighted by atomic mass is 9.76. The smallest absolute Gasteiger partial charge is 0.259 e. The van der Waals surface area contributed by atoms with Crippen LogP contribution >= 0.6 is 0 Å². The van der Waals surface area contributed by atoms with Crippen LogP contribution in [0.2, 0.25) is 0 Å². The van der Waals surface area contributed by atoms with Crippen LogP contribution in [-0.4, -0.2) is 55.4 Å². The molecule has 7 rings (SSSR count). The van der Waals surface area contributed by atoms with Gasteiger partial charge in [0.1, 0.15) is 17.7 Å². The third-order valence-corrected chi connectivity index (χ3v) is 13.5. The largest absolute Gasteiger partial charge is 0.490 e. The highest BCUT2D eigenvalue weighted by Gasteiger charge is 2.54. The van der Waals surface area contributed by atoms with Crippen molar-refractivity contribution in [3.05, 3.63) is 53.3 Å². The average molecular weight is 684 g/mol. The van der Waals surface area contributed by atoms with Gasteiger partial charge >= 0.3 is 0 Å². The number of hydrogen-bond acceptors (Lipinski definition) is 6. The van der Waals surface area contributed by atoms with Crippen LogP contribution in [0.1, 0.15) is 114 Å². The van der Waals surface area contributed by atoms with Crippen LogP contribution in [-0.2, 0) is 25.0 Å². The van der Waals surface area contributed by atoms with Gasteiger partial charge < -0.3 is 15.4 Å². The molecule has 11 heteroatoms. The average Bonchev–Trinajstić information content (AvgIpc) is 3.51. The number of carbonyl (C=O) groups is 2. The fourth-order valence-corrected chi connectivity index (χ4v) is 9.63. The fraction of sp³-hybridized carbons (Fsp3) is 0.622. The van der Waals surface area contributed by atoms with Crippen LogP contribution in [0, 0.1) is 5.82 Å². The molecule has 0 unspecified atom stereocenters. The van der Waals surface area contributed by atoms with Gasteiger partial charge in [-0.1, -0.05) is 37.5 Å². The lowest BCUT2D eigenvalue weighted by Crippen LogP contribution is -2.48. The summed E-state index contributed by atoms with van der Waals surface area (Å²) in [6.07, 6.45) is 9.55. The van der Waals surface area contributed by atoms with Gasteiger partial charge in [0.15, 0.2) is 0 Å². The van der Waals surface area contributed by atoms with Crippen molar-refractivity contribution < 1.29 is 31.5 Å². The van der Waals surface area contributed by atoms with Gasteiger partial charge in [-0.05, 0) is 106 Å². The molecule has 0 aromatic heterocycles. The van der Waals surface area contributed by atoms with E-state index < -0.39 is 38.2 Å². The minimum Gasteiger partial charge on any atom is -0.490 e. The van der Waals surface area contributed by atoms with Gasteiger partial charge in [0.05, 0.1) is 10.7 Å². The molecule has 1 heterocycles. The monoisotopic (exact) mass is 683 g/mol. The Morgan fingerprint density at radius 3 is 2.42 bits per heavy atom. The zero-order valence-electron chi connectivity index (χ0n) is 27.9. The molecule has 0 bridgehead atoms. The van der Waals surface area contributed by atoms with Gasteiger partial charge in [0.2, 0.25) is 21.6 Å². The number of nitrogens with one attached hydrogen (secondary N) is 3. The van der Waals surface area contributed by atoms with E-state index in [4.69, 9.17) is 4.74 Å². The Morgan fingerprint density at radius 1 is 0.979 bits per heavy atom. The number of sulfonamides is 1. The molecule has 1 aliphatic heterocycles. The first-order chi connectivity index (χ1) is 22.8. The first-order valence-electron chi connectivity index (χ1n) is 17.7. The summed E-state index contributed by atoms with van der Waals surface area (Å²) in [4.78, 5) is 26.6. The SMILES string of the molecule is CC(C)(C(=O)NS(=O)(=O)C1CC1)c1ccc(O[C@@H]2CC[C@@H](NC(=O)[C@@]3(F)CNC4(CCCC4)C3)C2)c(-c2cccc(F)c2C2CCC2)c1. The minimum absolute atomic E-state index is 0.0407. The third-order valence-electron chi connectivity index (χ3n) is 11.7. The van der Waals surface area contributed by atoms with E-state index in [0.29, 0.717) is 60.1 Å². The molecular formula is C37H47F2N3O5S. The molecule has 8 nitrogen and oxygen atoms in total. The van der Waals surface area contributed by atoms with Crippen molar-refractivity contribution in [3.8, 4) is 16.9 Å². The zero-order valence-corrected chi connectivity index (χ0v) is 28.7. The fourth-order valence-electron chi connectivity index (χ4n) is 8.19. The predicted octanol–water partition coefficient (Wildman–Crippen LogP) is 6.08. The molecule has 260 valence electrons. The van der Waals surface area contributed by atoms with Gasteiger partial charge in [-0.2, -0.15) is 0 Å². The van der Waals surface area contributed by atoms with E-state index in [1.807, 2.05) is 12.1 Å². The lowest BCUT2D eigenvalue weighted by Gasteiger charge is -2.30. The van der Waals surface area contributed by atoms with Crippen LogP contribution in [0.4, 0.5) is 8.78 Å². The second kappa shape index (κ2) is 12.4. The predicted molar refractivity (Wildman–Crippen MR) is 179 cm³/mol. The van der Waals surface area contributed by atoms with Crippen molar-refractivity contribution in [1.82, 2.24) is 15.4 Å². The van der Waals surface area contributed by atoms with E-state index in [9.17, 15) is 18.0 Å². The third kappa shape index (κ3) is 6.37. The summed E-state index contributed by atoms with van der Waals surface area (Å²) in [6, 6.07) is 10.1. The molecule has 5 fully saturated rings. The lowest BCUT2D eigenvalue weighted by molar-refractivity contribution is -0.132. The number of rotatable bonds is 10. The first kappa shape index (κ1) is 33.4. The maximum absolute atomic E-state index is 15.8. The zero-order chi connectivity index (χ0) is 33.9. The molecule has 2 aromatic rings. The molecule has 4 aliphatic carbocycles. The second-order valence-corrected chi connectivity index (χ2v) is 17.5. The summed E-state index contributed by atoms with van der Waals surface area (Å²) in [5.41, 5.74) is -0.864. The number of hydrogen-bond donors (Lipinski definition) is 3. The molecule has 1 spiro atoms.